The summed E-state index contributed by atoms with van der Waals surface area (Å²) in [5.74, 6) is 0.578. The van der Waals surface area contributed by atoms with Gasteiger partial charge in [-0.2, -0.15) is 0 Å². The fourth-order valence-electron chi connectivity index (χ4n) is 1.98. The number of aromatic amines is 1. The lowest BCUT2D eigenvalue weighted by Gasteiger charge is -2.06. The smallest absolute Gasteiger partial charge is 0.251 e. The van der Waals surface area contributed by atoms with Gasteiger partial charge in [0.05, 0.1) is 12.8 Å². The van der Waals surface area contributed by atoms with Gasteiger partial charge in [-0.1, -0.05) is 0 Å². The van der Waals surface area contributed by atoms with Crippen molar-refractivity contribution < 1.29 is 9.21 Å². The number of furan rings is 1. The van der Waals surface area contributed by atoms with Gasteiger partial charge in [-0.05, 0) is 48.6 Å². The Kier molecular flexibility index (Phi) is 3.70. The molecule has 0 bridgehead atoms. The summed E-state index contributed by atoms with van der Waals surface area (Å²) in [5.41, 5.74) is 1.50. The Morgan fingerprint density at radius 3 is 2.71 bits per heavy atom. The third-order valence-electron chi connectivity index (χ3n) is 3.06. The topological polar surface area (TPSA) is 63.0 Å². The van der Waals surface area contributed by atoms with Crippen LogP contribution in [0.2, 0.25) is 0 Å². The molecule has 0 saturated heterocycles. The van der Waals surface area contributed by atoms with Crippen LogP contribution < -0.4 is 5.32 Å². The van der Waals surface area contributed by atoms with Crippen LogP contribution in [0.1, 0.15) is 16.1 Å². The van der Waals surface area contributed by atoms with Crippen LogP contribution in [0.25, 0.3) is 5.69 Å². The number of H-pyrrole nitrogens is 1. The van der Waals surface area contributed by atoms with Gasteiger partial charge < -0.3 is 14.7 Å². The van der Waals surface area contributed by atoms with Gasteiger partial charge in [0, 0.05) is 23.6 Å². The number of carbonyl (C=O) groups excluding carboxylic acids is 1. The summed E-state index contributed by atoms with van der Waals surface area (Å²) in [4.78, 5) is 14.9. The summed E-state index contributed by atoms with van der Waals surface area (Å²) in [7, 11) is 0. The van der Waals surface area contributed by atoms with E-state index in [1.165, 1.54) is 0 Å². The van der Waals surface area contributed by atoms with Crippen molar-refractivity contribution in [1.29, 1.82) is 0 Å². The molecule has 5 nitrogen and oxygen atoms in total. The molecule has 0 saturated carbocycles. The van der Waals surface area contributed by atoms with E-state index in [2.05, 4.69) is 10.3 Å². The lowest BCUT2D eigenvalue weighted by atomic mass is 10.2. The van der Waals surface area contributed by atoms with Gasteiger partial charge >= 0.3 is 0 Å². The van der Waals surface area contributed by atoms with Gasteiger partial charge in [-0.3, -0.25) is 9.36 Å². The van der Waals surface area contributed by atoms with Gasteiger partial charge in [0.15, 0.2) is 4.77 Å². The Hall–Kier alpha value is -2.60. The van der Waals surface area contributed by atoms with E-state index >= 15 is 0 Å². The van der Waals surface area contributed by atoms with Gasteiger partial charge in [0.2, 0.25) is 0 Å². The molecule has 2 heterocycles. The molecular formula is C15H13N3O2S. The first kappa shape index (κ1) is 13.4. The van der Waals surface area contributed by atoms with E-state index in [0.29, 0.717) is 16.9 Å². The number of nitrogens with one attached hydrogen (secondary N) is 2. The highest BCUT2D eigenvalue weighted by Crippen LogP contribution is 2.10. The first-order valence-electron chi connectivity index (χ1n) is 6.41. The molecule has 3 aromatic rings. The Morgan fingerprint density at radius 2 is 2.10 bits per heavy atom. The van der Waals surface area contributed by atoms with Crippen molar-refractivity contribution in [1.82, 2.24) is 14.9 Å². The minimum absolute atomic E-state index is 0.143. The molecule has 0 unspecified atom stereocenters. The van der Waals surface area contributed by atoms with E-state index in [1.807, 2.05) is 29.0 Å². The molecule has 6 heteroatoms. The number of imidazole rings is 1. The Morgan fingerprint density at radius 1 is 1.29 bits per heavy atom. The van der Waals surface area contributed by atoms with Crippen LogP contribution in [0, 0.1) is 4.77 Å². The van der Waals surface area contributed by atoms with Crippen molar-refractivity contribution >= 4 is 18.1 Å². The number of nitrogens with zero attached hydrogens (tertiary/aromatic N) is 1. The van der Waals surface area contributed by atoms with E-state index in [0.717, 1.165) is 11.4 Å². The van der Waals surface area contributed by atoms with E-state index in [1.54, 1.807) is 30.7 Å². The highest BCUT2D eigenvalue weighted by Gasteiger charge is 2.06. The standard InChI is InChI=1S/C15H13N3O2S/c19-14(17-10-13-2-1-9-20-13)11-3-5-12(6-4-11)18-8-7-16-15(18)21/h1-9H,10H2,(H,16,21)(H,17,19). The molecule has 0 aliphatic rings. The maximum absolute atomic E-state index is 12.0. The van der Waals surface area contributed by atoms with E-state index in [4.69, 9.17) is 16.6 Å². The van der Waals surface area contributed by atoms with Crippen LogP contribution in [0.15, 0.2) is 59.5 Å². The average molecular weight is 299 g/mol. The molecule has 0 spiro atoms. The van der Waals surface area contributed by atoms with Gasteiger partial charge in [-0.25, -0.2) is 0 Å². The molecular weight excluding hydrogens is 286 g/mol. The number of rotatable bonds is 4. The molecule has 0 fully saturated rings. The first-order valence-corrected chi connectivity index (χ1v) is 6.82. The second-order valence-electron chi connectivity index (χ2n) is 4.44. The highest BCUT2D eigenvalue weighted by molar-refractivity contribution is 7.71. The van der Waals surface area contributed by atoms with Crippen LogP contribution in [0.4, 0.5) is 0 Å². The van der Waals surface area contributed by atoms with Crippen LogP contribution >= 0.6 is 12.2 Å². The summed E-state index contributed by atoms with van der Waals surface area (Å²) in [6.45, 7) is 0.371. The van der Waals surface area contributed by atoms with Gasteiger partial charge in [0.25, 0.3) is 5.91 Å². The molecule has 106 valence electrons. The number of aromatic nitrogens is 2. The summed E-state index contributed by atoms with van der Waals surface area (Å²) in [6.07, 6.45) is 5.19. The second kappa shape index (κ2) is 5.80. The lowest BCUT2D eigenvalue weighted by molar-refractivity contribution is 0.0948. The molecule has 2 aromatic heterocycles. The largest absolute Gasteiger partial charge is 0.467 e. The minimum atomic E-state index is -0.143. The van der Waals surface area contributed by atoms with Gasteiger partial charge in [0.1, 0.15) is 5.76 Å². The number of benzene rings is 1. The normalized spacial score (nSPS) is 10.5. The SMILES string of the molecule is O=C(NCc1ccco1)c1ccc(-n2cc[nH]c2=S)cc1. The Balaban J connectivity index is 1.70. The van der Waals surface area contributed by atoms with Crippen LogP contribution in [-0.4, -0.2) is 15.5 Å². The van der Waals surface area contributed by atoms with Crippen LogP contribution in [0.5, 0.6) is 0 Å². The summed E-state index contributed by atoms with van der Waals surface area (Å²) >= 11 is 5.16. The van der Waals surface area contributed by atoms with Crippen LogP contribution in [-0.2, 0) is 6.54 Å². The van der Waals surface area contributed by atoms with E-state index in [9.17, 15) is 4.79 Å². The first-order chi connectivity index (χ1) is 10.2. The predicted molar refractivity (Wildman–Crippen MR) is 80.8 cm³/mol. The minimum Gasteiger partial charge on any atom is -0.467 e. The maximum atomic E-state index is 12.0. The maximum Gasteiger partial charge on any atom is 0.251 e. The number of hydrogen-bond acceptors (Lipinski definition) is 3. The highest BCUT2D eigenvalue weighted by atomic mass is 32.1. The second-order valence-corrected chi connectivity index (χ2v) is 4.83. The lowest BCUT2D eigenvalue weighted by Crippen LogP contribution is -2.22. The predicted octanol–water partition coefficient (Wildman–Crippen LogP) is 3.06. The molecule has 3 rings (SSSR count). The van der Waals surface area contributed by atoms with Gasteiger partial charge in [-0.15, -0.1) is 0 Å². The van der Waals surface area contributed by atoms with Crippen molar-refractivity contribution in [3.05, 3.63) is 71.1 Å². The molecule has 21 heavy (non-hydrogen) atoms. The Labute approximate surface area is 126 Å². The van der Waals surface area contributed by atoms with Crippen molar-refractivity contribution in [2.75, 3.05) is 0 Å². The zero-order valence-corrected chi connectivity index (χ0v) is 11.9. The molecule has 0 radical (unpaired) electrons. The molecule has 1 amide bonds. The molecule has 1 aromatic carbocycles. The van der Waals surface area contributed by atoms with Crippen molar-refractivity contribution in [2.45, 2.75) is 6.54 Å². The molecule has 2 N–H and O–H groups in total. The summed E-state index contributed by atoms with van der Waals surface area (Å²) in [6, 6.07) is 10.8. The third-order valence-corrected chi connectivity index (χ3v) is 3.37. The van der Waals surface area contributed by atoms with E-state index < -0.39 is 0 Å². The van der Waals surface area contributed by atoms with Crippen molar-refractivity contribution in [3.63, 3.8) is 0 Å². The Bertz CT molecular complexity index is 785. The van der Waals surface area contributed by atoms with Crippen LogP contribution in [0.3, 0.4) is 0 Å². The monoisotopic (exact) mass is 299 g/mol. The summed E-state index contributed by atoms with van der Waals surface area (Å²) < 4.78 is 7.62. The molecule has 0 atom stereocenters. The fraction of sp³-hybridized carbons (Fsp3) is 0.0667. The average Bonchev–Trinajstić information content (AvgIpc) is 3.16. The number of carbonyl (C=O) groups is 1. The number of hydrogen-bond donors (Lipinski definition) is 2. The van der Waals surface area contributed by atoms with E-state index in [-0.39, 0.29) is 5.91 Å². The zero-order valence-electron chi connectivity index (χ0n) is 11.1. The molecule has 0 aliphatic heterocycles. The summed E-state index contributed by atoms with van der Waals surface area (Å²) in [5, 5.41) is 2.80. The quantitative estimate of drug-likeness (QED) is 0.728. The molecule has 0 aliphatic carbocycles. The number of amides is 1. The van der Waals surface area contributed by atoms with Crippen molar-refractivity contribution in [3.8, 4) is 5.69 Å². The van der Waals surface area contributed by atoms with Crippen molar-refractivity contribution in [2.24, 2.45) is 0 Å². The third kappa shape index (κ3) is 2.95. The fourth-order valence-corrected chi connectivity index (χ4v) is 2.21. The zero-order chi connectivity index (χ0) is 14.7.